The number of ether oxygens (including phenoxy) is 2. The summed E-state index contributed by atoms with van der Waals surface area (Å²) >= 11 is 0. The Balaban J connectivity index is 0.000000434. The molecular formula is C23H30F2N4O7. The van der Waals surface area contributed by atoms with Gasteiger partial charge in [0, 0.05) is 32.0 Å². The number of nitrogens with one attached hydrogen (secondary N) is 1. The van der Waals surface area contributed by atoms with Crippen molar-refractivity contribution in [2.45, 2.75) is 52.1 Å². The Kier molecular flexibility index (Phi) is 9.70. The summed E-state index contributed by atoms with van der Waals surface area (Å²) in [5, 5.41) is 6.07. The zero-order valence-electron chi connectivity index (χ0n) is 20.8. The topological polar surface area (TPSA) is 127 Å². The maximum Gasteiger partial charge on any atom is 0.414 e. The molecule has 1 saturated heterocycles. The Morgan fingerprint density at radius 2 is 1.81 bits per heavy atom. The number of carbonyl (C=O) groups is 4. The number of likely N-dealkylation sites (N-methyl/N-ethyl adjacent to an activating group) is 1. The number of alkyl halides is 2. The quantitative estimate of drug-likeness (QED) is 0.336. The first kappa shape index (κ1) is 28.5. The highest BCUT2D eigenvalue weighted by Gasteiger charge is 2.50. The monoisotopic (exact) mass is 512 g/mol. The molecule has 13 heteroatoms. The van der Waals surface area contributed by atoms with E-state index in [2.05, 4.69) is 20.0 Å². The van der Waals surface area contributed by atoms with E-state index < -0.39 is 35.9 Å². The highest BCUT2D eigenvalue weighted by atomic mass is 19.3. The van der Waals surface area contributed by atoms with Crippen LogP contribution in [0.4, 0.5) is 25.0 Å². The number of nitrogens with zero attached hydrogens (tertiary/aromatic N) is 3. The number of carbonyl (C=O) groups excluding carboxylic acids is 4. The van der Waals surface area contributed by atoms with Gasteiger partial charge in [-0.3, -0.25) is 19.3 Å². The molecule has 0 unspecified atom stereocenters. The molecule has 2 amide bonds. The summed E-state index contributed by atoms with van der Waals surface area (Å²) in [6.07, 6.45) is -0.359. The Bertz CT molecular complexity index is 1020. The number of hydrogen-bond acceptors (Lipinski definition) is 8. The molecule has 1 N–H and O–H groups in total. The van der Waals surface area contributed by atoms with Gasteiger partial charge in [-0.05, 0) is 18.2 Å². The zero-order chi connectivity index (χ0) is 27.0. The van der Waals surface area contributed by atoms with Crippen LogP contribution >= 0.6 is 0 Å². The molecule has 1 aromatic rings. The summed E-state index contributed by atoms with van der Waals surface area (Å²) in [7, 11) is 2.66. The molecule has 36 heavy (non-hydrogen) atoms. The van der Waals surface area contributed by atoms with Gasteiger partial charge in [0.2, 0.25) is 11.7 Å². The van der Waals surface area contributed by atoms with Crippen LogP contribution in [0, 0.1) is 0 Å². The number of anilines is 2. The largest absolute Gasteiger partial charge is 0.442 e. The molecule has 1 fully saturated rings. The Labute approximate surface area is 207 Å². The smallest absolute Gasteiger partial charge is 0.414 e. The van der Waals surface area contributed by atoms with Gasteiger partial charge in [0.1, 0.15) is 13.2 Å². The van der Waals surface area contributed by atoms with E-state index >= 15 is 0 Å². The van der Waals surface area contributed by atoms with Gasteiger partial charge in [-0.1, -0.05) is 25.9 Å². The molecule has 3 rings (SSSR count). The number of hydrogen-bond donors (Lipinski definition) is 1. The lowest BCUT2D eigenvalue weighted by Gasteiger charge is -2.16. The number of esters is 2. The van der Waals surface area contributed by atoms with E-state index in [1.54, 1.807) is 26.8 Å². The Hall–Kier alpha value is -3.77. The number of oxime groups is 1. The molecule has 2 aliphatic rings. The SMILES string of the molecule is CCC(=O)NC[C@@H]1CN(c2ccc3c(c2)C(F)(F)C(=NOC)N3C)C(=O)O1.CCC(=O)OC(=O)CC. The number of cyclic esters (lactones) is 1. The van der Waals surface area contributed by atoms with Crippen molar-refractivity contribution in [2.75, 3.05) is 37.0 Å². The van der Waals surface area contributed by atoms with Crippen molar-refractivity contribution in [2.24, 2.45) is 5.16 Å². The van der Waals surface area contributed by atoms with E-state index in [0.717, 1.165) is 0 Å². The molecule has 11 nitrogen and oxygen atoms in total. The average Bonchev–Trinajstić information content (AvgIpc) is 3.32. The summed E-state index contributed by atoms with van der Waals surface area (Å²) in [5.41, 5.74) is 0.294. The van der Waals surface area contributed by atoms with Gasteiger partial charge in [-0.25, -0.2) is 4.79 Å². The van der Waals surface area contributed by atoms with Crippen LogP contribution in [0.15, 0.2) is 23.4 Å². The minimum Gasteiger partial charge on any atom is -0.442 e. The van der Waals surface area contributed by atoms with Gasteiger partial charge in [0.15, 0.2) is 0 Å². The maximum atomic E-state index is 14.7. The molecule has 1 aromatic carbocycles. The van der Waals surface area contributed by atoms with Crippen LogP contribution in [0.25, 0.3) is 0 Å². The molecule has 0 radical (unpaired) electrons. The van der Waals surface area contributed by atoms with E-state index in [9.17, 15) is 28.0 Å². The maximum absolute atomic E-state index is 14.7. The van der Waals surface area contributed by atoms with Gasteiger partial charge >= 0.3 is 24.0 Å². The normalized spacial score (nSPS) is 18.7. The Morgan fingerprint density at radius 3 is 2.36 bits per heavy atom. The van der Waals surface area contributed by atoms with Gasteiger partial charge in [-0.15, -0.1) is 0 Å². The van der Waals surface area contributed by atoms with Crippen molar-refractivity contribution < 1.29 is 42.3 Å². The third-order valence-electron chi connectivity index (χ3n) is 5.29. The van der Waals surface area contributed by atoms with Gasteiger partial charge in [0.05, 0.1) is 24.3 Å². The number of amides is 2. The second-order valence-electron chi connectivity index (χ2n) is 7.76. The molecule has 1 atom stereocenters. The van der Waals surface area contributed by atoms with Gasteiger partial charge in [-0.2, -0.15) is 8.78 Å². The minimum absolute atomic E-state index is 0.155. The first-order valence-electron chi connectivity index (χ1n) is 11.4. The summed E-state index contributed by atoms with van der Waals surface area (Å²) in [6.45, 7) is 5.33. The average molecular weight is 513 g/mol. The standard InChI is InChI=1S/C17H20F2N4O4.C6H10O3/c1-4-14(24)20-8-11-9-23(16(25)27-11)10-5-6-13-12(7-10)17(18,19)15(21-26-3)22(13)2;1-3-5(7)9-6(8)4-2/h5-7,11H,4,8-9H2,1-3H3,(H,20,24);3-4H2,1-2H3/t11-;/m1./s1. The summed E-state index contributed by atoms with van der Waals surface area (Å²) in [5.74, 6) is -4.95. The number of amidine groups is 1. The van der Waals surface area contributed by atoms with E-state index in [4.69, 9.17) is 4.74 Å². The predicted molar refractivity (Wildman–Crippen MR) is 126 cm³/mol. The van der Waals surface area contributed by atoms with Crippen LogP contribution in [0.1, 0.15) is 45.6 Å². The van der Waals surface area contributed by atoms with Crippen LogP contribution in [0.2, 0.25) is 0 Å². The highest BCUT2D eigenvalue weighted by Crippen LogP contribution is 2.46. The fourth-order valence-electron chi connectivity index (χ4n) is 3.35. The lowest BCUT2D eigenvalue weighted by atomic mass is 10.1. The molecule has 0 aliphatic carbocycles. The number of benzene rings is 1. The van der Waals surface area contributed by atoms with Gasteiger partial charge in [0.25, 0.3) is 0 Å². The zero-order valence-corrected chi connectivity index (χ0v) is 20.8. The fourth-order valence-corrected chi connectivity index (χ4v) is 3.35. The lowest BCUT2D eigenvalue weighted by molar-refractivity contribution is -0.159. The summed E-state index contributed by atoms with van der Waals surface area (Å²) in [4.78, 5) is 51.2. The molecule has 0 aromatic heterocycles. The minimum atomic E-state index is -3.35. The summed E-state index contributed by atoms with van der Waals surface area (Å²) in [6, 6.07) is 4.31. The number of halogens is 2. The molecule has 198 valence electrons. The number of rotatable bonds is 7. The molecule has 0 spiro atoms. The third kappa shape index (κ3) is 6.46. The Morgan fingerprint density at radius 1 is 1.17 bits per heavy atom. The molecule has 0 saturated carbocycles. The lowest BCUT2D eigenvalue weighted by Crippen LogP contribution is -2.34. The van der Waals surface area contributed by atoms with Crippen molar-refractivity contribution in [3.8, 4) is 0 Å². The first-order valence-corrected chi connectivity index (χ1v) is 11.4. The van der Waals surface area contributed by atoms with Crippen LogP contribution in [-0.2, 0) is 34.6 Å². The van der Waals surface area contributed by atoms with Gasteiger partial charge < -0.3 is 24.5 Å². The second kappa shape index (κ2) is 12.3. The van der Waals surface area contributed by atoms with Crippen molar-refractivity contribution >= 4 is 41.1 Å². The molecule has 2 aliphatic heterocycles. The number of fused-ring (bicyclic) bond motifs is 1. The predicted octanol–water partition coefficient (Wildman–Crippen LogP) is 2.92. The van der Waals surface area contributed by atoms with Crippen LogP contribution < -0.4 is 15.1 Å². The fraction of sp³-hybridized carbons (Fsp3) is 0.522. The molecular weight excluding hydrogens is 482 g/mol. The van der Waals surface area contributed by atoms with Crippen LogP contribution in [-0.4, -0.2) is 63.1 Å². The molecule has 2 heterocycles. The third-order valence-corrected chi connectivity index (χ3v) is 5.29. The van der Waals surface area contributed by atoms with E-state index in [0.29, 0.717) is 6.42 Å². The van der Waals surface area contributed by atoms with Crippen molar-refractivity contribution in [3.63, 3.8) is 0 Å². The van der Waals surface area contributed by atoms with Crippen molar-refractivity contribution in [1.82, 2.24) is 5.32 Å². The van der Waals surface area contributed by atoms with Crippen LogP contribution in [0.5, 0.6) is 0 Å². The van der Waals surface area contributed by atoms with Crippen molar-refractivity contribution in [1.29, 1.82) is 0 Å². The summed E-state index contributed by atoms with van der Waals surface area (Å²) < 4.78 is 38.9. The second-order valence-corrected chi connectivity index (χ2v) is 7.76. The van der Waals surface area contributed by atoms with Crippen molar-refractivity contribution in [3.05, 3.63) is 23.8 Å². The van der Waals surface area contributed by atoms with Crippen LogP contribution in [0.3, 0.4) is 0 Å². The van der Waals surface area contributed by atoms with E-state index in [-0.39, 0.29) is 48.8 Å². The highest BCUT2D eigenvalue weighted by molar-refractivity contribution is 6.09. The van der Waals surface area contributed by atoms with E-state index in [1.165, 1.54) is 36.1 Å². The van der Waals surface area contributed by atoms with E-state index in [1.807, 2.05) is 0 Å². The first-order chi connectivity index (χ1) is 17.0. The molecule has 0 bridgehead atoms.